The first-order chi connectivity index (χ1) is 9.13. The van der Waals surface area contributed by atoms with E-state index < -0.39 is 0 Å². The molecule has 0 spiro atoms. The van der Waals surface area contributed by atoms with Crippen molar-refractivity contribution in [1.82, 2.24) is 9.99 Å². The number of aryl methyl sites for hydroxylation is 1. The van der Waals surface area contributed by atoms with E-state index >= 15 is 0 Å². The molecule has 1 fully saturated rings. The molecule has 2 aromatic rings. The van der Waals surface area contributed by atoms with E-state index in [-0.39, 0.29) is 0 Å². The van der Waals surface area contributed by atoms with Gasteiger partial charge in [0.2, 0.25) is 0 Å². The summed E-state index contributed by atoms with van der Waals surface area (Å²) in [7, 11) is 0. The van der Waals surface area contributed by atoms with Crippen LogP contribution in [0.25, 0.3) is 10.2 Å². The third-order valence-electron chi connectivity index (χ3n) is 3.96. The molecule has 0 aliphatic carbocycles. The predicted molar refractivity (Wildman–Crippen MR) is 82.6 cm³/mol. The molecule has 1 aromatic carbocycles. The van der Waals surface area contributed by atoms with Crippen molar-refractivity contribution in [1.29, 1.82) is 0 Å². The van der Waals surface area contributed by atoms with Gasteiger partial charge in [-0.2, -0.15) is 0 Å². The number of hydrazine groups is 1. The van der Waals surface area contributed by atoms with Gasteiger partial charge in [0.25, 0.3) is 0 Å². The first-order valence-electron chi connectivity index (χ1n) is 7.05. The lowest BCUT2D eigenvalue weighted by molar-refractivity contribution is 0.136. The fourth-order valence-corrected chi connectivity index (χ4v) is 3.69. The first kappa shape index (κ1) is 12.9. The molecular weight excluding hydrogens is 254 g/mol. The highest BCUT2D eigenvalue weighted by atomic mass is 32.1. The van der Waals surface area contributed by atoms with Crippen molar-refractivity contribution < 1.29 is 0 Å². The van der Waals surface area contributed by atoms with Gasteiger partial charge in [-0.3, -0.25) is 5.43 Å². The normalized spacial score (nSPS) is 24.8. The van der Waals surface area contributed by atoms with Crippen LogP contribution in [0.15, 0.2) is 18.2 Å². The number of nitrogens with one attached hydrogen (secondary N) is 1. The third kappa shape index (κ3) is 2.60. The Morgan fingerprint density at radius 2 is 2.00 bits per heavy atom. The highest BCUT2D eigenvalue weighted by molar-refractivity contribution is 7.22. The topological polar surface area (TPSA) is 28.2 Å². The van der Waals surface area contributed by atoms with Crippen LogP contribution < -0.4 is 5.43 Å². The minimum Gasteiger partial charge on any atom is -0.294 e. The number of thiazole rings is 1. The van der Waals surface area contributed by atoms with E-state index in [0.717, 1.165) is 10.6 Å². The van der Waals surface area contributed by atoms with Gasteiger partial charge in [0, 0.05) is 12.1 Å². The summed E-state index contributed by atoms with van der Waals surface area (Å²) >= 11 is 1.74. The lowest BCUT2D eigenvalue weighted by Gasteiger charge is -2.38. The van der Waals surface area contributed by atoms with Gasteiger partial charge in [-0.25, -0.2) is 9.99 Å². The summed E-state index contributed by atoms with van der Waals surface area (Å²) in [5.74, 6) is 0. The van der Waals surface area contributed by atoms with E-state index in [1.807, 2.05) is 0 Å². The molecule has 102 valence electrons. The van der Waals surface area contributed by atoms with Gasteiger partial charge in [0.1, 0.15) is 0 Å². The Morgan fingerprint density at radius 1 is 1.26 bits per heavy atom. The quantitative estimate of drug-likeness (QED) is 0.890. The van der Waals surface area contributed by atoms with Crippen LogP contribution in [0.3, 0.4) is 0 Å². The minimum atomic E-state index is 0.581. The fraction of sp³-hybridized carbons (Fsp3) is 0.533. The van der Waals surface area contributed by atoms with E-state index in [1.54, 1.807) is 11.3 Å². The maximum absolute atomic E-state index is 4.70. The van der Waals surface area contributed by atoms with Gasteiger partial charge in [-0.15, -0.1) is 0 Å². The number of fused-ring (bicyclic) bond motifs is 1. The second-order valence-electron chi connectivity index (χ2n) is 5.64. The van der Waals surface area contributed by atoms with Crippen LogP contribution in [0, 0.1) is 6.92 Å². The molecular formula is C15H21N3S. The molecule has 4 heteroatoms. The predicted octanol–water partition coefficient (Wildman–Crippen LogP) is 4.19. The molecule has 0 bridgehead atoms. The summed E-state index contributed by atoms with van der Waals surface area (Å²) in [5, 5.41) is 3.38. The maximum Gasteiger partial charge on any atom is 0.198 e. The van der Waals surface area contributed by atoms with Crippen LogP contribution in [0.5, 0.6) is 0 Å². The fourth-order valence-electron chi connectivity index (χ4n) is 2.84. The number of hydrogen-bond donors (Lipinski definition) is 1. The number of rotatable bonds is 2. The molecule has 1 saturated heterocycles. The average Bonchev–Trinajstić information content (AvgIpc) is 2.75. The molecule has 0 amide bonds. The van der Waals surface area contributed by atoms with Crippen molar-refractivity contribution in [3.05, 3.63) is 23.8 Å². The van der Waals surface area contributed by atoms with Crippen LogP contribution in [0.2, 0.25) is 0 Å². The van der Waals surface area contributed by atoms with E-state index in [2.05, 4.69) is 49.4 Å². The average molecular weight is 275 g/mol. The molecule has 0 saturated carbocycles. The molecule has 3 rings (SSSR count). The zero-order valence-electron chi connectivity index (χ0n) is 11.8. The summed E-state index contributed by atoms with van der Waals surface area (Å²) in [6.07, 6.45) is 3.86. The third-order valence-corrected chi connectivity index (χ3v) is 4.90. The molecule has 2 heterocycles. The van der Waals surface area contributed by atoms with E-state index in [1.165, 1.54) is 29.5 Å². The molecule has 2 atom stereocenters. The van der Waals surface area contributed by atoms with Gasteiger partial charge >= 0.3 is 0 Å². The molecule has 1 aliphatic heterocycles. The van der Waals surface area contributed by atoms with E-state index in [9.17, 15) is 0 Å². The van der Waals surface area contributed by atoms with Crippen LogP contribution >= 0.6 is 11.3 Å². The van der Waals surface area contributed by atoms with Gasteiger partial charge in [-0.1, -0.05) is 23.8 Å². The van der Waals surface area contributed by atoms with Gasteiger partial charge in [0.05, 0.1) is 10.2 Å². The van der Waals surface area contributed by atoms with E-state index in [4.69, 9.17) is 4.98 Å². The Morgan fingerprint density at radius 3 is 2.74 bits per heavy atom. The summed E-state index contributed by atoms with van der Waals surface area (Å²) in [6.45, 7) is 6.70. The standard InChI is InChI=1S/C15H21N3S/c1-10-7-8-14-13(9-10)16-15(19-14)17-18-11(2)5-4-6-12(18)3/h7-9,11-12H,4-6H2,1-3H3,(H,16,17). The van der Waals surface area contributed by atoms with Crippen LogP contribution in [-0.4, -0.2) is 22.1 Å². The Hall–Kier alpha value is -1.13. The van der Waals surface area contributed by atoms with E-state index in [0.29, 0.717) is 12.1 Å². The number of piperidine rings is 1. The van der Waals surface area contributed by atoms with Gasteiger partial charge < -0.3 is 0 Å². The van der Waals surface area contributed by atoms with Crippen molar-refractivity contribution in [2.45, 2.75) is 52.1 Å². The molecule has 1 aliphatic rings. The largest absolute Gasteiger partial charge is 0.294 e. The Balaban J connectivity index is 1.84. The van der Waals surface area contributed by atoms with Crippen molar-refractivity contribution in [3.8, 4) is 0 Å². The summed E-state index contributed by atoms with van der Waals surface area (Å²) < 4.78 is 1.26. The second-order valence-corrected chi connectivity index (χ2v) is 6.67. The van der Waals surface area contributed by atoms with Crippen LogP contribution in [-0.2, 0) is 0 Å². The van der Waals surface area contributed by atoms with Crippen molar-refractivity contribution in [3.63, 3.8) is 0 Å². The highest BCUT2D eigenvalue weighted by Crippen LogP contribution is 2.29. The van der Waals surface area contributed by atoms with Crippen LogP contribution in [0.1, 0.15) is 38.7 Å². The molecule has 19 heavy (non-hydrogen) atoms. The van der Waals surface area contributed by atoms with Crippen LogP contribution in [0.4, 0.5) is 5.13 Å². The molecule has 1 N–H and O–H groups in total. The molecule has 0 radical (unpaired) electrons. The van der Waals surface area contributed by atoms with Crippen molar-refractivity contribution >= 4 is 26.7 Å². The summed E-state index contributed by atoms with van der Waals surface area (Å²) in [5.41, 5.74) is 5.90. The number of nitrogens with zero attached hydrogens (tertiary/aromatic N) is 2. The number of anilines is 1. The maximum atomic E-state index is 4.70. The number of hydrogen-bond acceptors (Lipinski definition) is 4. The number of aromatic nitrogens is 1. The highest BCUT2D eigenvalue weighted by Gasteiger charge is 2.25. The second kappa shape index (κ2) is 5.10. The summed E-state index contributed by atoms with van der Waals surface area (Å²) in [4.78, 5) is 4.70. The minimum absolute atomic E-state index is 0.581. The Labute approximate surface area is 118 Å². The van der Waals surface area contributed by atoms with Crippen molar-refractivity contribution in [2.75, 3.05) is 5.43 Å². The molecule has 3 nitrogen and oxygen atoms in total. The smallest absolute Gasteiger partial charge is 0.198 e. The molecule has 2 unspecified atom stereocenters. The zero-order chi connectivity index (χ0) is 13.4. The lowest BCUT2D eigenvalue weighted by Crippen LogP contribution is -2.47. The van der Waals surface area contributed by atoms with Crippen molar-refractivity contribution in [2.24, 2.45) is 0 Å². The zero-order valence-corrected chi connectivity index (χ0v) is 12.6. The Kier molecular flexibility index (Phi) is 3.46. The first-order valence-corrected chi connectivity index (χ1v) is 7.87. The van der Waals surface area contributed by atoms with Gasteiger partial charge in [0.15, 0.2) is 5.13 Å². The Bertz CT molecular complexity index is 568. The summed E-state index contributed by atoms with van der Waals surface area (Å²) in [6, 6.07) is 7.63. The number of benzene rings is 1. The van der Waals surface area contributed by atoms with Gasteiger partial charge in [-0.05, 0) is 51.3 Å². The lowest BCUT2D eigenvalue weighted by atomic mass is 10.00. The molecule has 1 aromatic heterocycles. The SMILES string of the molecule is Cc1ccc2sc(NN3C(C)CCCC3C)nc2c1. The monoisotopic (exact) mass is 275 g/mol.